The van der Waals surface area contributed by atoms with Crippen LogP contribution < -0.4 is 0 Å². The van der Waals surface area contributed by atoms with E-state index in [-0.39, 0.29) is 11.0 Å². The monoisotopic (exact) mass is 367 g/mol. The van der Waals surface area contributed by atoms with Gasteiger partial charge in [-0.25, -0.2) is 4.39 Å². The molecule has 4 aromatic rings. The van der Waals surface area contributed by atoms with E-state index in [0.717, 1.165) is 11.1 Å². The Morgan fingerprint density at radius 3 is 2.40 bits per heavy atom. The number of rotatable bonds is 3. The van der Waals surface area contributed by atoms with Crippen molar-refractivity contribution >= 4 is 22.9 Å². The van der Waals surface area contributed by atoms with E-state index >= 15 is 0 Å². The van der Waals surface area contributed by atoms with Crippen molar-refractivity contribution in [1.82, 2.24) is 15.2 Å². The van der Waals surface area contributed by atoms with Crippen molar-refractivity contribution in [3.63, 3.8) is 0 Å². The summed E-state index contributed by atoms with van der Waals surface area (Å²) in [6, 6.07) is 16.8. The lowest BCUT2D eigenvalue weighted by molar-refractivity contribution is 0.633. The van der Waals surface area contributed by atoms with Crippen LogP contribution in [0.15, 0.2) is 66.2 Å². The average Bonchev–Trinajstić information content (AvgIpc) is 3.09. The van der Waals surface area contributed by atoms with Crippen molar-refractivity contribution in [3.05, 3.63) is 77.1 Å². The predicted molar refractivity (Wildman–Crippen MR) is 99.0 cm³/mol. The van der Waals surface area contributed by atoms with Gasteiger partial charge in [-0.05, 0) is 23.8 Å². The molecule has 0 saturated heterocycles. The van der Waals surface area contributed by atoms with E-state index in [9.17, 15) is 4.39 Å². The first kappa shape index (κ1) is 15.9. The van der Waals surface area contributed by atoms with Crippen molar-refractivity contribution in [1.29, 1.82) is 0 Å². The predicted octanol–water partition coefficient (Wildman–Crippen LogP) is 5.73. The van der Waals surface area contributed by atoms with E-state index in [2.05, 4.69) is 15.2 Å². The summed E-state index contributed by atoms with van der Waals surface area (Å²) in [6.45, 7) is 0. The van der Waals surface area contributed by atoms with Gasteiger partial charge in [0, 0.05) is 22.7 Å². The second-order valence-corrected chi connectivity index (χ2v) is 6.57. The maximum Gasteiger partial charge on any atom is 0.161 e. The first-order valence-electron chi connectivity index (χ1n) is 7.51. The van der Waals surface area contributed by atoms with Gasteiger partial charge >= 0.3 is 0 Å². The maximum atomic E-state index is 13.6. The number of hydrogen-bond donors (Lipinski definition) is 0. The zero-order chi connectivity index (χ0) is 17.2. The van der Waals surface area contributed by atoms with Gasteiger partial charge in [-0.2, -0.15) is 0 Å². The molecular formula is C19H11ClFN3S. The van der Waals surface area contributed by atoms with Crippen LogP contribution in [0.3, 0.4) is 0 Å². The molecule has 3 nitrogen and oxygen atoms in total. The second kappa shape index (κ2) is 6.70. The van der Waals surface area contributed by atoms with Crippen LogP contribution in [0.2, 0.25) is 5.15 Å². The Kier molecular flexibility index (Phi) is 4.26. The van der Waals surface area contributed by atoms with E-state index < -0.39 is 0 Å². The smallest absolute Gasteiger partial charge is 0.161 e. The highest BCUT2D eigenvalue weighted by Crippen LogP contribution is 2.42. The van der Waals surface area contributed by atoms with E-state index in [0.29, 0.717) is 21.8 Å². The molecule has 0 amide bonds. The van der Waals surface area contributed by atoms with E-state index in [1.165, 1.54) is 22.8 Å². The average molecular weight is 368 g/mol. The molecule has 0 radical (unpaired) electrons. The number of benzene rings is 1. The lowest BCUT2D eigenvalue weighted by Crippen LogP contribution is -1.98. The van der Waals surface area contributed by atoms with Crippen molar-refractivity contribution in [2.75, 3.05) is 0 Å². The minimum Gasteiger partial charge on any atom is -0.256 e. The van der Waals surface area contributed by atoms with Crippen LogP contribution in [-0.2, 0) is 0 Å². The molecule has 4 rings (SSSR count). The van der Waals surface area contributed by atoms with Crippen LogP contribution in [0.25, 0.3) is 33.0 Å². The lowest BCUT2D eigenvalue weighted by Gasteiger charge is -2.14. The topological polar surface area (TPSA) is 38.7 Å². The fourth-order valence-corrected chi connectivity index (χ4v) is 3.63. The molecule has 0 aliphatic carbocycles. The number of aromatic nitrogens is 3. The molecule has 3 heterocycles. The minimum atomic E-state index is -0.296. The lowest BCUT2D eigenvalue weighted by atomic mass is 9.96. The zero-order valence-corrected chi connectivity index (χ0v) is 14.4. The van der Waals surface area contributed by atoms with Gasteiger partial charge in [0.2, 0.25) is 0 Å². The van der Waals surface area contributed by atoms with Gasteiger partial charge in [0.05, 0.1) is 10.6 Å². The third-order valence-corrected chi connectivity index (χ3v) is 4.89. The fourth-order valence-electron chi connectivity index (χ4n) is 2.66. The van der Waals surface area contributed by atoms with Gasteiger partial charge in [0.1, 0.15) is 11.5 Å². The number of pyridine rings is 1. The molecule has 6 heteroatoms. The van der Waals surface area contributed by atoms with Crippen molar-refractivity contribution in [3.8, 4) is 33.0 Å². The first-order valence-corrected chi connectivity index (χ1v) is 8.77. The third kappa shape index (κ3) is 3.04. The molecule has 0 unspecified atom stereocenters. The van der Waals surface area contributed by atoms with Crippen LogP contribution >= 0.6 is 22.9 Å². The molecule has 0 N–H and O–H groups in total. The molecule has 0 fully saturated rings. The van der Waals surface area contributed by atoms with Gasteiger partial charge < -0.3 is 0 Å². The summed E-state index contributed by atoms with van der Waals surface area (Å²) >= 11 is 7.67. The summed E-state index contributed by atoms with van der Waals surface area (Å²) < 4.78 is 13.6. The van der Waals surface area contributed by atoms with Crippen LogP contribution in [-0.4, -0.2) is 15.2 Å². The molecule has 25 heavy (non-hydrogen) atoms. The Morgan fingerprint density at radius 1 is 0.920 bits per heavy atom. The van der Waals surface area contributed by atoms with Crippen molar-refractivity contribution in [2.45, 2.75) is 0 Å². The normalized spacial score (nSPS) is 10.8. The molecule has 0 atom stereocenters. The Morgan fingerprint density at radius 2 is 1.72 bits per heavy atom. The summed E-state index contributed by atoms with van der Waals surface area (Å²) in [5.74, 6) is -0.296. The summed E-state index contributed by atoms with van der Waals surface area (Å²) in [6.07, 6.45) is 1.70. The molecule has 0 spiro atoms. The third-order valence-electron chi connectivity index (χ3n) is 3.72. The van der Waals surface area contributed by atoms with Crippen LogP contribution in [0, 0.1) is 5.82 Å². The summed E-state index contributed by atoms with van der Waals surface area (Å²) in [4.78, 5) is 5.11. The Balaban J connectivity index is 2.07. The Hall–Kier alpha value is -2.63. The van der Waals surface area contributed by atoms with E-state index in [1.807, 2.05) is 48.5 Å². The highest BCUT2D eigenvalue weighted by Gasteiger charge is 2.21. The molecule has 0 aliphatic rings. The van der Waals surface area contributed by atoms with E-state index in [4.69, 9.17) is 11.6 Å². The number of thiophene rings is 1. The minimum absolute atomic E-state index is 0.262. The molecule has 0 aliphatic heterocycles. The summed E-state index contributed by atoms with van der Waals surface area (Å²) in [5.41, 5.74) is 3.68. The maximum absolute atomic E-state index is 13.6. The quantitative estimate of drug-likeness (QED) is 0.464. The highest BCUT2D eigenvalue weighted by molar-refractivity contribution is 7.13. The molecule has 0 bridgehead atoms. The van der Waals surface area contributed by atoms with Crippen LogP contribution in [0.4, 0.5) is 4.39 Å². The first-order chi connectivity index (χ1) is 12.2. The van der Waals surface area contributed by atoms with Crippen LogP contribution in [0.5, 0.6) is 0 Å². The number of hydrogen-bond acceptors (Lipinski definition) is 4. The van der Waals surface area contributed by atoms with Gasteiger partial charge in [-0.1, -0.05) is 48.0 Å². The van der Waals surface area contributed by atoms with E-state index in [1.54, 1.807) is 6.20 Å². The summed E-state index contributed by atoms with van der Waals surface area (Å²) in [7, 11) is 0. The molecule has 0 saturated carbocycles. The second-order valence-electron chi connectivity index (χ2n) is 5.30. The Bertz CT molecular complexity index is 1020. The van der Waals surface area contributed by atoms with Crippen molar-refractivity contribution < 1.29 is 4.39 Å². The van der Waals surface area contributed by atoms with Gasteiger partial charge in [-0.3, -0.25) is 4.98 Å². The largest absolute Gasteiger partial charge is 0.256 e. The standard InChI is InChI=1S/C19H11ClFN3S/c20-19-17(14-8-4-5-9-22-14)16(12-6-2-1-3-7-12)18(23-24-19)15-10-13(21)11-25-15/h1-11H. The summed E-state index contributed by atoms with van der Waals surface area (Å²) in [5, 5.41) is 10.1. The molecule has 3 aromatic heterocycles. The van der Waals surface area contributed by atoms with Crippen molar-refractivity contribution in [2.24, 2.45) is 0 Å². The number of halogens is 2. The van der Waals surface area contributed by atoms with Gasteiger partial charge in [-0.15, -0.1) is 21.5 Å². The molecule has 122 valence electrons. The zero-order valence-electron chi connectivity index (χ0n) is 12.9. The Labute approximate surface area is 152 Å². The van der Waals surface area contributed by atoms with Gasteiger partial charge in [0.15, 0.2) is 5.15 Å². The van der Waals surface area contributed by atoms with Gasteiger partial charge in [0.25, 0.3) is 0 Å². The fraction of sp³-hybridized carbons (Fsp3) is 0. The molecule has 1 aromatic carbocycles. The highest BCUT2D eigenvalue weighted by atomic mass is 35.5. The molecular weight excluding hydrogens is 357 g/mol. The number of nitrogens with zero attached hydrogens (tertiary/aromatic N) is 3. The SMILES string of the molecule is Fc1csc(-c2nnc(Cl)c(-c3ccccn3)c2-c2ccccc2)c1. The van der Waals surface area contributed by atoms with Crippen LogP contribution in [0.1, 0.15) is 0 Å².